The number of nitrogens with two attached hydrogens (primary N) is 1. The summed E-state index contributed by atoms with van der Waals surface area (Å²) < 4.78 is 0. The number of hydrogen-bond acceptors (Lipinski definition) is 5. The molecule has 0 aliphatic rings. The van der Waals surface area contributed by atoms with Crippen LogP contribution in [0.5, 0.6) is 17.5 Å². The number of allylic oxidation sites excluding steroid dienone is 1. The monoisotopic (exact) mass is 197 g/mol. The van der Waals surface area contributed by atoms with Crippen LogP contribution in [0.4, 0.5) is 0 Å². The van der Waals surface area contributed by atoms with Gasteiger partial charge in [0.15, 0.2) is 5.75 Å². The van der Waals surface area contributed by atoms with Gasteiger partial charge in [-0.05, 0) is 6.08 Å². The molecule has 6 N–H and O–H groups in total. The lowest BCUT2D eigenvalue weighted by atomic mass is 10.2. The summed E-state index contributed by atoms with van der Waals surface area (Å²) in [5.41, 5.74) is 5.57. The molecule has 0 saturated carbocycles. The van der Waals surface area contributed by atoms with Gasteiger partial charge in [0.25, 0.3) is 0 Å². The highest BCUT2D eigenvalue weighted by molar-refractivity contribution is 5.86. The minimum absolute atomic E-state index is 0.0394. The van der Waals surface area contributed by atoms with Crippen LogP contribution in [-0.2, 0) is 0 Å². The predicted octanol–water partition coefficient (Wildman–Crippen LogP) is 0.132. The Morgan fingerprint density at radius 2 is 2.00 bits per heavy atom. The number of H-pyrrole nitrogens is 1. The van der Waals surface area contributed by atoms with E-state index in [4.69, 9.17) is 10.8 Å². The van der Waals surface area contributed by atoms with Gasteiger partial charge < -0.3 is 21.1 Å². The Kier molecular flexibility index (Phi) is 2.66. The largest absolute Gasteiger partial charge is 0.503 e. The van der Waals surface area contributed by atoms with Gasteiger partial charge in [0.2, 0.25) is 11.8 Å². The summed E-state index contributed by atoms with van der Waals surface area (Å²) in [6, 6.07) is 0. The highest BCUT2D eigenvalue weighted by Crippen LogP contribution is 2.38. The normalized spacial score (nSPS) is 12.5. The van der Waals surface area contributed by atoms with E-state index in [0.717, 1.165) is 0 Å². The van der Waals surface area contributed by atoms with Crippen LogP contribution in [0.3, 0.4) is 0 Å². The van der Waals surface area contributed by atoms with Crippen molar-refractivity contribution in [2.24, 2.45) is 10.7 Å². The van der Waals surface area contributed by atoms with E-state index in [1.807, 2.05) is 0 Å². The third kappa shape index (κ3) is 1.63. The third-order valence-electron chi connectivity index (χ3n) is 1.63. The van der Waals surface area contributed by atoms with Gasteiger partial charge in [-0.25, -0.2) is 0 Å². The minimum Gasteiger partial charge on any atom is -0.503 e. The number of aromatic amines is 1. The first-order valence-electron chi connectivity index (χ1n) is 3.79. The van der Waals surface area contributed by atoms with Crippen LogP contribution in [0.2, 0.25) is 0 Å². The molecule has 0 spiro atoms. The molecule has 0 saturated heterocycles. The molecule has 0 amide bonds. The Morgan fingerprint density at radius 3 is 2.43 bits per heavy atom. The molecule has 0 fully saturated rings. The van der Waals surface area contributed by atoms with E-state index in [9.17, 15) is 10.2 Å². The van der Waals surface area contributed by atoms with Crippen LogP contribution in [0.15, 0.2) is 11.1 Å². The van der Waals surface area contributed by atoms with Gasteiger partial charge in [0, 0.05) is 19.0 Å². The highest BCUT2D eigenvalue weighted by Gasteiger charge is 2.17. The van der Waals surface area contributed by atoms with Crippen LogP contribution in [0.25, 0.3) is 5.70 Å². The number of hydrogen-bond donors (Lipinski definition) is 5. The minimum atomic E-state index is -0.526. The molecule has 1 heterocycles. The first-order valence-corrected chi connectivity index (χ1v) is 3.79. The van der Waals surface area contributed by atoms with Crippen LogP contribution in [-0.4, -0.2) is 33.6 Å². The fourth-order valence-corrected chi connectivity index (χ4v) is 0.976. The molecule has 0 atom stereocenters. The second-order valence-corrected chi connectivity index (χ2v) is 2.58. The SMILES string of the molecule is CN=C/C=C(/N)c1c(O)[nH]c(O)c1O. The Morgan fingerprint density at radius 1 is 1.36 bits per heavy atom. The molecule has 76 valence electrons. The molecule has 6 heteroatoms. The molecule has 0 aliphatic carbocycles. The molecule has 6 nitrogen and oxygen atoms in total. The molecule has 0 aliphatic heterocycles. The van der Waals surface area contributed by atoms with Crippen molar-refractivity contribution in [1.82, 2.24) is 4.98 Å². The summed E-state index contributed by atoms with van der Waals surface area (Å²) in [5.74, 6) is -1.40. The lowest BCUT2D eigenvalue weighted by molar-refractivity contribution is 0.391. The predicted molar refractivity (Wildman–Crippen MR) is 52.4 cm³/mol. The van der Waals surface area contributed by atoms with Crippen LogP contribution >= 0.6 is 0 Å². The summed E-state index contributed by atoms with van der Waals surface area (Å²) in [7, 11) is 1.55. The first kappa shape index (κ1) is 9.97. The topological polar surface area (TPSA) is 115 Å². The molecular formula is C8H11N3O3. The van der Waals surface area contributed by atoms with Crippen molar-refractivity contribution < 1.29 is 15.3 Å². The smallest absolute Gasteiger partial charge is 0.235 e. The average Bonchev–Trinajstić information content (AvgIpc) is 2.38. The standard InChI is InChI=1S/C8H11N3O3/c1-10-3-2-4(9)5-6(12)8(14)11-7(5)13/h2-3,11-14H,9H2,1H3/b4-2+,10-3?. The zero-order chi connectivity index (χ0) is 10.7. The van der Waals surface area contributed by atoms with Crippen molar-refractivity contribution in [3.05, 3.63) is 11.6 Å². The van der Waals surface area contributed by atoms with Gasteiger partial charge in [0.05, 0.1) is 0 Å². The fraction of sp³-hybridized carbons (Fsp3) is 0.125. The van der Waals surface area contributed by atoms with Crippen molar-refractivity contribution in [2.75, 3.05) is 7.05 Å². The molecule has 14 heavy (non-hydrogen) atoms. The zero-order valence-corrected chi connectivity index (χ0v) is 7.52. The fourth-order valence-electron chi connectivity index (χ4n) is 0.976. The van der Waals surface area contributed by atoms with E-state index in [2.05, 4.69) is 9.98 Å². The number of aromatic hydroxyl groups is 3. The van der Waals surface area contributed by atoms with Gasteiger partial charge in [-0.1, -0.05) is 0 Å². The van der Waals surface area contributed by atoms with E-state index in [1.165, 1.54) is 12.3 Å². The molecule has 1 rings (SSSR count). The first-order chi connectivity index (χ1) is 6.57. The number of aliphatic imine (C=N–C) groups is 1. The Labute approximate surface area is 80.0 Å². The van der Waals surface area contributed by atoms with Crippen molar-refractivity contribution in [3.8, 4) is 17.5 Å². The van der Waals surface area contributed by atoms with E-state index in [1.54, 1.807) is 7.05 Å². The number of aromatic nitrogens is 1. The number of nitrogens with one attached hydrogen (secondary N) is 1. The Hall–Kier alpha value is -2.11. The maximum Gasteiger partial charge on any atom is 0.235 e. The van der Waals surface area contributed by atoms with Gasteiger partial charge in [-0.3, -0.25) is 9.98 Å². The van der Waals surface area contributed by atoms with E-state index < -0.39 is 17.5 Å². The van der Waals surface area contributed by atoms with Crippen LogP contribution < -0.4 is 5.73 Å². The lowest BCUT2D eigenvalue weighted by Gasteiger charge is -1.97. The second kappa shape index (κ2) is 3.73. The molecule has 0 bridgehead atoms. The summed E-state index contributed by atoms with van der Waals surface area (Å²) in [4.78, 5) is 5.78. The molecule has 0 aromatic carbocycles. The Bertz CT molecular complexity index is 393. The van der Waals surface area contributed by atoms with Crippen molar-refractivity contribution in [2.45, 2.75) is 0 Å². The van der Waals surface area contributed by atoms with Crippen LogP contribution in [0, 0.1) is 0 Å². The van der Waals surface area contributed by atoms with Gasteiger partial charge in [-0.15, -0.1) is 0 Å². The zero-order valence-electron chi connectivity index (χ0n) is 7.52. The van der Waals surface area contributed by atoms with Crippen molar-refractivity contribution >= 4 is 11.9 Å². The molecule has 0 radical (unpaired) electrons. The second-order valence-electron chi connectivity index (χ2n) is 2.58. The summed E-state index contributed by atoms with van der Waals surface area (Å²) in [6.07, 6.45) is 2.79. The van der Waals surface area contributed by atoms with E-state index in [0.29, 0.717) is 0 Å². The van der Waals surface area contributed by atoms with E-state index >= 15 is 0 Å². The summed E-state index contributed by atoms with van der Waals surface area (Å²) in [5, 5.41) is 27.5. The van der Waals surface area contributed by atoms with Gasteiger partial charge in [-0.2, -0.15) is 0 Å². The highest BCUT2D eigenvalue weighted by atomic mass is 16.3. The molecule has 0 unspecified atom stereocenters. The summed E-state index contributed by atoms with van der Waals surface area (Å²) in [6.45, 7) is 0. The molecular weight excluding hydrogens is 186 g/mol. The maximum absolute atomic E-state index is 9.28. The summed E-state index contributed by atoms with van der Waals surface area (Å²) >= 11 is 0. The van der Waals surface area contributed by atoms with Gasteiger partial charge >= 0.3 is 0 Å². The quantitative estimate of drug-likeness (QED) is 0.433. The number of rotatable bonds is 2. The van der Waals surface area contributed by atoms with Crippen LogP contribution in [0.1, 0.15) is 5.56 Å². The number of nitrogens with zero attached hydrogens (tertiary/aromatic N) is 1. The van der Waals surface area contributed by atoms with E-state index in [-0.39, 0.29) is 11.3 Å². The lowest BCUT2D eigenvalue weighted by Crippen LogP contribution is -1.95. The third-order valence-corrected chi connectivity index (χ3v) is 1.63. The van der Waals surface area contributed by atoms with Gasteiger partial charge in [0.1, 0.15) is 5.56 Å². The maximum atomic E-state index is 9.28. The van der Waals surface area contributed by atoms with Crippen molar-refractivity contribution in [1.29, 1.82) is 0 Å². The van der Waals surface area contributed by atoms with Crippen molar-refractivity contribution in [3.63, 3.8) is 0 Å². The Balaban J connectivity index is 3.18. The average molecular weight is 197 g/mol. The molecule has 1 aromatic heterocycles. The molecule has 1 aromatic rings.